The van der Waals surface area contributed by atoms with Crippen LogP contribution in [0.1, 0.15) is 29.6 Å². The summed E-state index contributed by atoms with van der Waals surface area (Å²) < 4.78 is 10.4. The second kappa shape index (κ2) is 6.24. The first-order valence-corrected chi connectivity index (χ1v) is 6.26. The number of esters is 1. The number of benzene rings is 1. The first kappa shape index (κ1) is 12.7. The lowest BCUT2D eigenvalue weighted by Gasteiger charge is -2.17. The van der Waals surface area contributed by atoms with Crippen LogP contribution in [0.15, 0.2) is 36.4 Å². The molecule has 2 rings (SSSR count). The molecule has 1 atom stereocenters. The van der Waals surface area contributed by atoms with E-state index in [4.69, 9.17) is 9.47 Å². The van der Waals surface area contributed by atoms with Crippen molar-refractivity contribution in [2.24, 2.45) is 5.92 Å². The van der Waals surface area contributed by atoms with Gasteiger partial charge < -0.3 is 9.47 Å². The van der Waals surface area contributed by atoms with Crippen molar-refractivity contribution < 1.29 is 14.3 Å². The fourth-order valence-electron chi connectivity index (χ4n) is 2.03. The minimum absolute atomic E-state index is 0.275. The summed E-state index contributed by atoms with van der Waals surface area (Å²) in [5.41, 5.74) is 0.542. The van der Waals surface area contributed by atoms with E-state index >= 15 is 0 Å². The molecule has 1 unspecified atom stereocenters. The van der Waals surface area contributed by atoms with E-state index in [1.54, 1.807) is 25.3 Å². The van der Waals surface area contributed by atoms with Gasteiger partial charge in [0, 0.05) is 0 Å². The number of methoxy groups -OCH3 is 1. The zero-order valence-electron chi connectivity index (χ0n) is 10.6. The van der Waals surface area contributed by atoms with Crippen LogP contribution in [0.4, 0.5) is 0 Å². The molecule has 1 aromatic carbocycles. The highest BCUT2D eigenvalue weighted by Crippen LogP contribution is 2.19. The largest absolute Gasteiger partial charge is 0.497 e. The number of carbonyl (C=O) groups excluding carboxylic acids is 1. The molecule has 96 valence electrons. The summed E-state index contributed by atoms with van der Waals surface area (Å²) in [7, 11) is 1.58. The molecule has 0 saturated heterocycles. The minimum Gasteiger partial charge on any atom is -0.497 e. The van der Waals surface area contributed by atoms with Crippen molar-refractivity contribution in [3.8, 4) is 5.75 Å². The second-order valence-electron chi connectivity index (χ2n) is 4.48. The zero-order valence-corrected chi connectivity index (χ0v) is 10.6. The predicted molar refractivity (Wildman–Crippen MR) is 69.8 cm³/mol. The van der Waals surface area contributed by atoms with Crippen molar-refractivity contribution in [2.75, 3.05) is 13.7 Å². The maximum atomic E-state index is 11.9. The highest BCUT2D eigenvalue weighted by molar-refractivity contribution is 5.89. The maximum Gasteiger partial charge on any atom is 0.338 e. The summed E-state index contributed by atoms with van der Waals surface area (Å²) in [5.74, 6) is 0.859. The lowest BCUT2D eigenvalue weighted by molar-refractivity contribution is 0.0432. The van der Waals surface area contributed by atoms with Crippen LogP contribution in [0.2, 0.25) is 0 Å². The lowest BCUT2D eigenvalue weighted by Crippen LogP contribution is -2.15. The van der Waals surface area contributed by atoms with Crippen molar-refractivity contribution in [1.29, 1.82) is 0 Å². The fourth-order valence-corrected chi connectivity index (χ4v) is 2.03. The summed E-state index contributed by atoms with van der Waals surface area (Å²) in [5, 5.41) is 0. The first-order chi connectivity index (χ1) is 8.79. The average molecular weight is 246 g/mol. The van der Waals surface area contributed by atoms with Gasteiger partial charge >= 0.3 is 5.97 Å². The van der Waals surface area contributed by atoms with Gasteiger partial charge in [0.1, 0.15) is 5.75 Å². The molecule has 0 bridgehead atoms. The molecule has 0 aliphatic heterocycles. The summed E-state index contributed by atoms with van der Waals surface area (Å²) in [6.07, 6.45) is 7.53. The summed E-state index contributed by atoms with van der Waals surface area (Å²) in [6, 6.07) is 7.04. The van der Waals surface area contributed by atoms with Gasteiger partial charge in [0.15, 0.2) is 0 Å². The van der Waals surface area contributed by atoms with E-state index in [9.17, 15) is 4.79 Å². The fraction of sp³-hybridized carbons (Fsp3) is 0.400. The Kier molecular flexibility index (Phi) is 4.40. The Morgan fingerprint density at radius 3 is 3.00 bits per heavy atom. The smallest absolute Gasteiger partial charge is 0.338 e. The van der Waals surface area contributed by atoms with Gasteiger partial charge in [-0.1, -0.05) is 18.2 Å². The van der Waals surface area contributed by atoms with Crippen LogP contribution < -0.4 is 4.74 Å². The SMILES string of the molecule is COc1cccc(C(=O)OCC2CC=CCC2)c1. The molecule has 0 spiro atoms. The average Bonchev–Trinajstić information content (AvgIpc) is 2.46. The van der Waals surface area contributed by atoms with Gasteiger partial charge in [-0.25, -0.2) is 4.79 Å². The van der Waals surface area contributed by atoms with E-state index < -0.39 is 0 Å². The van der Waals surface area contributed by atoms with E-state index in [2.05, 4.69) is 12.2 Å². The first-order valence-electron chi connectivity index (χ1n) is 6.26. The van der Waals surface area contributed by atoms with Gasteiger partial charge in [-0.3, -0.25) is 0 Å². The van der Waals surface area contributed by atoms with Crippen molar-refractivity contribution >= 4 is 5.97 Å². The molecule has 3 heteroatoms. The van der Waals surface area contributed by atoms with Gasteiger partial charge in [0.25, 0.3) is 0 Å². The second-order valence-corrected chi connectivity index (χ2v) is 4.48. The molecule has 0 N–H and O–H groups in total. The molecule has 0 aromatic heterocycles. The highest BCUT2D eigenvalue weighted by atomic mass is 16.5. The van der Waals surface area contributed by atoms with Gasteiger partial charge in [-0.05, 0) is 43.4 Å². The Bertz CT molecular complexity index is 437. The molecule has 3 nitrogen and oxygen atoms in total. The summed E-state index contributed by atoms with van der Waals surface area (Å²) in [4.78, 5) is 11.9. The molecule has 1 aliphatic rings. The normalized spacial score (nSPS) is 18.4. The van der Waals surface area contributed by atoms with Crippen LogP contribution in [-0.2, 0) is 4.74 Å². The molecule has 0 heterocycles. The van der Waals surface area contributed by atoms with Gasteiger partial charge in [-0.2, -0.15) is 0 Å². The standard InChI is InChI=1S/C15H18O3/c1-17-14-9-5-8-13(10-14)15(16)18-11-12-6-3-2-4-7-12/h2-3,5,8-10,12H,4,6-7,11H2,1H3. The molecular weight excluding hydrogens is 228 g/mol. The van der Waals surface area contributed by atoms with Gasteiger partial charge in [0.2, 0.25) is 0 Å². The minimum atomic E-state index is -0.275. The van der Waals surface area contributed by atoms with Crippen LogP contribution in [0, 0.1) is 5.92 Å². The molecule has 1 aliphatic carbocycles. The Morgan fingerprint density at radius 1 is 1.39 bits per heavy atom. The predicted octanol–water partition coefficient (Wildman–Crippen LogP) is 3.21. The van der Waals surface area contributed by atoms with Crippen LogP contribution in [0.5, 0.6) is 5.75 Å². The summed E-state index contributed by atoms with van der Waals surface area (Å²) in [6.45, 7) is 0.500. The van der Waals surface area contributed by atoms with E-state index in [0.717, 1.165) is 19.3 Å². The molecule has 1 aromatic rings. The number of allylic oxidation sites excluding steroid dienone is 2. The number of hydrogen-bond acceptors (Lipinski definition) is 3. The van der Waals surface area contributed by atoms with E-state index in [1.807, 2.05) is 6.07 Å². The quantitative estimate of drug-likeness (QED) is 0.604. The van der Waals surface area contributed by atoms with Crippen molar-refractivity contribution in [3.63, 3.8) is 0 Å². The van der Waals surface area contributed by atoms with Crippen LogP contribution in [0.25, 0.3) is 0 Å². The zero-order chi connectivity index (χ0) is 12.8. The molecular formula is C15H18O3. The summed E-state index contributed by atoms with van der Waals surface area (Å²) >= 11 is 0. The Hall–Kier alpha value is -1.77. The molecule has 0 fully saturated rings. The number of hydrogen-bond donors (Lipinski definition) is 0. The van der Waals surface area contributed by atoms with Crippen LogP contribution in [0.3, 0.4) is 0 Å². The third-order valence-electron chi connectivity index (χ3n) is 3.13. The van der Waals surface area contributed by atoms with Crippen LogP contribution >= 0.6 is 0 Å². The Morgan fingerprint density at radius 2 is 2.28 bits per heavy atom. The third kappa shape index (κ3) is 3.36. The number of rotatable bonds is 4. The van der Waals surface area contributed by atoms with E-state index in [0.29, 0.717) is 23.8 Å². The molecule has 18 heavy (non-hydrogen) atoms. The van der Waals surface area contributed by atoms with Gasteiger partial charge in [0.05, 0.1) is 19.3 Å². The van der Waals surface area contributed by atoms with Crippen molar-refractivity contribution in [3.05, 3.63) is 42.0 Å². The topological polar surface area (TPSA) is 35.5 Å². The van der Waals surface area contributed by atoms with E-state index in [1.165, 1.54) is 0 Å². The third-order valence-corrected chi connectivity index (χ3v) is 3.13. The number of ether oxygens (including phenoxy) is 2. The maximum absolute atomic E-state index is 11.9. The van der Waals surface area contributed by atoms with Crippen molar-refractivity contribution in [2.45, 2.75) is 19.3 Å². The molecule has 0 amide bonds. The lowest BCUT2D eigenvalue weighted by atomic mass is 9.95. The Balaban J connectivity index is 1.88. The Labute approximate surface area is 107 Å². The monoisotopic (exact) mass is 246 g/mol. The van der Waals surface area contributed by atoms with Crippen molar-refractivity contribution in [1.82, 2.24) is 0 Å². The van der Waals surface area contributed by atoms with E-state index in [-0.39, 0.29) is 5.97 Å². The highest BCUT2D eigenvalue weighted by Gasteiger charge is 2.14. The molecule has 0 saturated carbocycles. The van der Waals surface area contributed by atoms with Crippen LogP contribution in [-0.4, -0.2) is 19.7 Å². The molecule has 0 radical (unpaired) electrons. The number of carbonyl (C=O) groups is 1. The van der Waals surface area contributed by atoms with Gasteiger partial charge in [-0.15, -0.1) is 0 Å².